The van der Waals surface area contributed by atoms with Gasteiger partial charge in [-0.25, -0.2) is 0 Å². The van der Waals surface area contributed by atoms with Crippen LogP contribution in [0, 0.1) is 6.92 Å². The monoisotopic (exact) mass is 371 g/mol. The van der Waals surface area contributed by atoms with Gasteiger partial charge >= 0.3 is 0 Å². The number of ether oxygens (including phenoxy) is 1. The van der Waals surface area contributed by atoms with E-state index in [2.05, 4.69) is 18.3 Å². The average Bonchev–Trinajstić information content (AvgIpc) is 2.62. The fraction of sp³-hybridized carbons (Fsp3) is 0.143. The van der Waals surface area contributed by atoms with Crippen LogP contribution in [0.1, 0.15) is 16.7 Å². The summed E-state index contributed by atoms with van der Waals surface area (Å²) in [7, 11) is 0. The van der Waals surface area contributed by atoms with Crippen LogP contribution in [0.15, 0.2) is 66.7 Å². The number of hydrogen-bond acceptors (Lipinski definition) is 2. The highest BCUT2D eigenvalue weighted by atomic mass is 35.5. The van der Waals surface area contributed by atoms with Gasteiger partial charge in [-0.05, 0) is 36.8 Å². The zero-order valence-corrected chi connectivity index (χ0v) is 15.4. The number of para-hydroxylation sites is 1. The Kier molecular flexibility index (Phi) is 5.85. The number of halogens is 2. The first-order chi connectivity index (χ1) is 12.1. The summed E-state index contributed by atoms with van der Waals surface area (Å²) in [5.74, 6) is 0.842. The third kappa shape index (κ3) is 4.68. The van der Waals surface area contributed by atoms with Gasteiger partial charge in [0, 0.05) is 33.4 Å². The summed E-state index contributed by atoms with van der Waals surface area (Å²) in [6.45, 7) is 3.14. The molecule has 4 heteroatoms. The minimum Gasteiger partial charge on any atom is -0.488 e. The van der Waals surface area contributed by atoms with E-state index in [1.807, 2.05) is 60.7 Å². The van der Waals surface area contributed by atoms with E-state index in [0.717, 1.165) is 33.1 Å². The molecular formula is C21H19Cl2NO. The summed E-state index contributed by atoms with van der Waals surface area (Å²) in [6, 6.07) is 21.5. The SMILES string of the molecule is Cc1ccc(Cl)cc1NCc1ccccc1OCc1ccccc1Cl. The molecule has 3 rings (SSSR count). The quantitative estimate of drug-likeness (QED) is 0.534. The molecule has 0 atom stereocenters. The summed E-state index contributed by atoms with van der Waals surface area (Å²) >= 11 is 12.3. The van der Waals surface area contributed by atoms with E-state index in [4.69, 9.17) is 27.9 Å². The molecule has 0 saturated carbocycles. The summed E-state index contributed by atoms with van der Waals surface area (Å²) in [6.07, 6.45) is 0. The third-order valence-corrected chi connectivity index (χ3v) is 4.59. The number of hydrogen-bond donors (Lipinski definition) is 1. The Morgan fingerprint density at radius 2 is 1.60 bits per heavy atom. The Labute approximate surface area is 158 Å². The Bertz CT molecular complexity index is 864. The molecule has 0 fully saturated rings. The van der Waals surface area contributed by atoms with Crippen molar-refractivity contribution in [3.8, 4) is 5.75 Å². The molecule has 0 aliphatic heterocycles. The lowest BCUT2D eigenvalue weighted by atomic mass is 10.1. The number of anilines is 1. The van der Waals surface area contributed by atoms with Gasteiger partial charge in [0.2, 0.25) is 0 Å². The predicted molar refractivity (Wildman–Crippen MR) is 106 cm³/mol. The second-order valence-corrected chi connectivity index (χ2v) is 6.64. The zero-order chi connectivity index (χ0) is 17.6. The van der Waals surface area contributed by atoms with Crippen LogP contribution in [0.5, 0.6) is 5.75 Å². The van der Waals surface area contributed by atoms with Crippen LogP contribution in [0.2, 0.25) is 10.0 Å². The highest BCUT2D eigenvalue weighted by molar-refractivity contribution is 6.31. The molecule has 0 aliphatic rings. The molecule has 0 saturated heterocycles. The maximum Gasteiger partial charge on any atom is 0.124 e. The Morgan fingerprint density at radius 1 is 0.880 bits per heavy atom. The van der Waals surface area contributed by atoms with E-state index >= 15 is 0 Å². The molecule has 0 radical (unpaired) electrons. The van der Waals surface area contributed by atoms with E-state index < -0.39 is 0 Å². The predicted octanol–water partition coefficient (Wildman–Crippen LogP) is 6.49. The lowest BCUT2D eigenvalue weighted by Crippen LogP contribution is -2.04. The van der Waals surface area contributed by atoms with Crippen LogP contribution in [0.4, 0.5) is 5.69 Å². The first-order valence-electron chi connectivity index (χ1n) is 8.07. The summed E-state index contributed by atoms with van der Waals surface area (Å²) in [5.41, 5.74) is 4.22. The molecule has 0 aromatic heterocycles. The molecule has 128 valence electrons. The summed E-state index contributed by atoms with van der Waals surface area (Å²) in [5, 5.41) is 4.86. The maximum atomic E-state index is 6.20. The minimum absolute atomic E-state index is 0.437. The summed E-state index contributed by atoms with van der Waals surface area (Å²) < 4.78 is 6.00. The van der Waals surface area contributed by atoms with Gasteiger partial charge in [-0.3, -0.25) is 0 Å². The Balaban J connectivity index is 1.70. The van der Waals surface area contributed by atoms with Crippen molar-refractivity contribution in [3.05, 3.63) is 93.5 Å². The zero-order valence-electron chi connectivity index (χ0n) is 13.9. The highest BCUT2D eigenvalue weighted by Gasteiger charge is 2.06. The average molecular weight is 372 g/mol. The normalized spacial score (nSPS) is 10.5. The van der Waals surface area contributed by atoms with Gasteiger partial charge in [0.05, 0.1) is 0 Å². The second kappa shape index (κ2) is 8.28. The molecule has 1 N–H and O–H groups in total. The minimum atomic E-state index is 0.437. The van der Waals surface area contributed by atoms with E-state index in [1.165, 1.54) is 0 Å². The molecule has 3 aromatic rings. The molecule has 0 unspecified atom stereocenters. The lowest BCUT2D eigenvalue weighted by Gasteiger charge is -2.14. The largest absolute Gasteiger partial charge is 0.488 e. The number of nitrogens with one attached hydrogen (secondary N) is 1. The molecule has 3 aromatic carbocycles. The molecule has 0 bridgehead atoms. The van der Waals surface area contributed by atoms with Gasteiger partial charge in [-0.2, -0.15) is 0 Å². The van der Waals surface area contributed by atoms with E-state index in [9.17, 15) is 0 Å². The van der Waals surface area contributed by atoms with Gasteiger partial charge in [-0.15, -0.1) is 0 Å². The lowest BCUT2D eigenvalue weighted by molar-refractivity contribution is 0.303. The van der Waals surface area contributed by atoms with Gasteiger partial charge in [0.15, 0.2) is 0 Å². The van der Waals surface area contributed by atoms with Gasteiger partial charge in [0.25, 0.3) is 0 Å². The number of rotatable bonds is 6. The highest BCUT2D eigenvalue weighted by Crippen LogP contribution is 2.25. The van der Waals surface area contributed by atoms with E-state index in [0.29, 0.717) is 18.2 Å². The van der Waals surface area contributed by atoms with Crippen molar-refractivity contribution >= 4 is 28.9 Å². The van der Waals surface area contributed by atoms with E-state index in [1.54, 1.807) is 0 Å². The number of aryl methyl sites for hydroxylation is 1. The number of benzene rings is 3. The molecule has 0 heterocycles. The molecule has 0 aliphatic carbocycles. The fourth-order valence-electron chi connectivity index (χ4n) is 2.54. The van der Waals surface area contributed by atoms with Crippen molar-refractivity contribution in [3.63, 3.8) is 0 Å². The fourth-order valence-corrected chi connectivity index (χ4v) is 2.90. The standard InChI is InChI=1S/C21H19Cl2NO/c1-15-10-11-18(22)12-20(15)24-13-16-6-3-5-9-21(16)25-14-17-7-2-4-8-19(17)23/h2-12,24H,13-14H2,1H3. The van der Waals surface area contributed by atoms with Crippen LogP contribution in [0.25, 0.3) is 0 Å². The van der Waals surface area contributed by atoms with Gasteiger partial charge in [-0.1, -0.05) is 65.7 Å². The molecule has 2 nitrogen and oxygen atoms in total. The van der Waals surface area contributed by atoms with Crippen molar-refractivity contribution in [1.29, 1.82) is 0 Å². The maximum absolute atomic E-state index is 6.20. The van der Waals surface area contributed by atoms with E-state index in [-0.39, 0.29) is 0 Å². The van der Waals surface area contributed by atoms with Crippen molar-refractivity contribution in [2.75, 3.05) is 5.32 Å². The van der Waals surface area contributed by atoms with Crippen molar-refractivity contribution < 1.29 is 4.74 Å². The van der Waals surface area contributed by atoms with Crippen molar-refractivity contribution in [2.45, 2.75) is 20.1 Å². The molecule has 0 spiro atoms. The van der Waals surface area contributed by atoms with Gasteiger partial charge in [0.1, 0.15) is 12.4 Å². The second-order valence-electron chi connectivity index (χ2n) is 5.80. The first-order valence-corrected chi connectivity index (χ1v) is 8.83. The van der Waals surface area contributed by atoms with Gasteiger partial charge < -0.3 is 10.1 Å². The topological polar surface area (TPSA) is 21.3 Å². The van der Waals surface area contributed by atoms with Crippen LogP contribution in [0.3, 0.4) is 0 Å². The Hall–Kier alpha value is -2.16. The molecule has 25 heavy (non-hydrogen) atoms. The smallest absolute Gasteiger partial charge is 0.124 e. The van der Waals surface area contributed by atoms with Crippen molar-refractivity contribution in [1.82, 2.24) is 0 Å². The third-order valence-electron chi connectivity index (χ3n) is 3.98. The van der Waals surface area contributed by atoms with Crippen LogP contribution in [-0.4, -0.2) is 0 Å². The Morgan fingerprint density at radius 3 is 2.40 bits per heavy atom. The first kappa shape index (κ1) is 17.7. The van der Waals surface area contributed by atoms with Crippen LogP contribution < -0.4 is 10.1 Å². The molecule has 0 amide bonds. The van der Waals surface area contributed by atoms with Crippen LogP contribution >= 0.6 is 23.2 Å². The van der Waals surface area contributed by atoms with Crippen molar-refractivity contribution in [2.24, 2.45) is 0 Å². The summed E-state index contributed by atoms with van der Waals surface area (Å²) in [4.78, 5) is 0. The van der Waals surface area contributed by atoms with Crippen LogP contribution in [-0.2, 0) is 13.2 Å². The molecular weight excluding hydrogens is 353 g/mol.